The van der Waals surface area contributed by atoms with Gasteiger partial charge in [-0.15, -0.1) is 5.10 Å². The molecule has 2 aromatic carbocycles. The molecule has 0 atom stereocenters. The van der Waals surface area contributed by atoms with Crippen molar-refractivity contribution in [3.8, 4) is 11.1 Å². The van der Waals surface area contributed by atoms with E-state index in [0.717, 1.165) is 11.1 Å². The molecule has 0 aliphatic heterocycles. The van der Waals surface area contributed by atoms with Gasteiger partial charge in [-0.1, -0.05) is 35.5 Å². The SMILES string of the molecule is Nc1ccc(-c2cccnc2)cc1NC(=O)CCc1cn(CCc2ccccc2[N+](=O)[O-])nn1. The zero-order valence-electron chi connectivity index (χ0n) is 18.3. The first-order valence-electron chi connectivity index (χ1n) is 10.7. The second kappa shape index (κ2) is 10.3. The maximum atomic E-state index is 12.5. The lowest BCUT2D eigenvalue weighted by Crippen LogP contribution is -2.13. The van der Waals surface area contributed by atoms with Crippen molar-refractivity contribution in [3.63, 3.8) is 0 Å². The van der Waals surface area contributed by atoms with Gasteiger partial charge in [0.25, 0.3) is 5.69 Å². The monoisotopic (exact) mass is 457 g/mol. The van der Waals surface area contributed by atoms with Gasteiger partial charge in [0, 0.05) is 55.2 Å². The van der Waals surface area contributed by atoms with E-state index in [2.05, 4.69) is 20.6 Å². The van der Waals surface area contributed by atoms with Gasteiger partial charge in [-0.25, -0.2) is 0 Å². The van der Waals surface area contributed by atoms with Crippen molar-refractivity contribution in [1.82, 2.24) is 20.0 Å². The van der Waals surface area contributed by atoms with Gasteiger partial charge in [-0.3, -0.25) is 24.6 Å². The van der Waals surface area contributed by atoms with Gasteiger partial charge in [0.05, 0.1) is 22.0 Å². The summed E-state index contributed by atoms with van der Waals surface area (Å²) < 4.78 is 1.62. The number of nitro benzene ring substituents is 1. The first-order valence-corrected chi connectivity index (χ1v) is 10.7. The summed E-state index contributed by atoms with van der Waals surface area (Å²) in [5.74, 6) is -0.190. The molecule has 1 amide bonds. The average Bonchev–Trinajstić information content (AvgIpc) is 3.31. The fourth-order valence-corrected chi connectivity index (χ4v) is 3.53. The van der Waals surface area contributed by atoms with Crippen LogP contribution in [0.3, 0.4) is 0 Å². The maximum absolute atomic E-state index is 12.5. The van der Waals surface area contributed by atoms with Gasteiger partial charge >= 0.3 is 0 Å². The minimum atomic E-state index is -0.389. The molecule has 2 aromatic heterocycles. The number of nitrogens with one attached hydrogen (secondary N) is 1. The molecule has 4 aromatic rings. The van der Waals surface area contributed by atoms with Crippen molar-refractivity contribution < 1.29 is 9.72 Å². The summed E-state index contributed by atoms with van der Waals surface area (Å²) in [4.78, 5) is 27.4. The number of hydrogen-bond donors (Lipinski definition) is 2. The molecule has 34 heavy (non-hydrogen) atoms. The lowest BCUT2D eigenvalue weighted by molar-refractivity contribution is -0.385. The number of para-hydroxylation sites is 1. The summed E-state index contributed by atoms with van der Waals surface area (Å²) in [6, 6.07) is 15.9. The van der Waals surface area contributed by atoms with Gasteiger partial charge in [-0.05, 0) is 30.2 Å². The fraction of sp³-hybridized carbons (Fsp3) is 0.167. The van der Waals surface area contributed by atoms with Gasteiger partial charge in [0.1, 0.15) is 0 Å². The number of nitro groups is 1. The zero-order chi connectivity index (χ0) is 23.9. The third kappa shape index (κ3) is 5.60. The van der Waals surface area contributed by atoms with E-state index in [4.69, 9.17) is 5.73 Å². The second-order valence-corrected chi connectivity index (χ2v) is 7.70. The highest BCUT2D eigenvalue weighted by atomic mass is 16.6. The molecule has 3 N–H and O–H groups in total. The van der Waals surface area contributed by atoms with E-state index >= 15 is 0 Å². The summed E-state index contributed by atoms with van der Waals surface area (Å²) in [5, 5.41) is 22.2. The average molecular weight is 457 g/mol. The minimum absolute atomic E-state index is 0.0892. The quantitative estimate of drug-likeness (QED) is 0.222. The number of amides is 1. The number of carbonyl (C=O) groups is 1. The number of nitrogens with two attached hydrogens (primary N) is 1. The van der Waals surface area contributed by atoms with Crippen LogP contribution < -0.4 is 11.1 Å². The standard InChI is InChI=1S/C24H23N7O3/c25-21-9-7-18(19-5-3-12-26-15-19)14-22(21)27-24(32)10-8-20-16-30(29-28-20)13-11-17-4-1-2-6-23(17)31(33)34/h1-7,9,12,14-16H,8,10-11,13,25H2,(H,27,32). The normalized spacial score (nSPS) is 10.7. The van der Waals surface area contributed by atoms with Crippen LogP contribution in [0.4, 0.5) is 17.1 Å². The van der Waals surface area contributed by atoms with Gasteiger partial charge in [0.15, 0.2) is 0 Å². The number of nitrogen functional groups attached to an aromatic ring is 1. The second-order valence-electron chi connectivity index (χ2n) is 7.70. The van der Waals surface area contributed by atoms with Crippen molar-refractivity contribution in [2.75, 3.05) is 11.1 Å². The van der Waals surface area contributed by atoms with Crippen molar-refractivity contribution in [2.24, 2.45) is 0 Å². The number of pyridine rings is 1. The number of nitrogens with zero attached hydrogens (tertiary/aromatic N) is 5. The summed E-state index contributed by atoms with van der Waals surface area (Å²) >= 11 is 0. The molecule has 0 bridgehead atoms. The van der Waals surface area contributed by atoms with Crippen LogP contribution in [0.15, 0.2) is 73.2 Å². The Hall–Kier alpha value is -4.60. The highest BCUT2D eigenvalue weighted by Gasteiger charge is 2.13. The molecule has 0 spiro atoms. The highest BCUT2D eigenvalue weighted by molar-refractivity contribution is 5.95. The Morgan fingerprint density at radius 2 is 1.94 bits per heavy atom. The van der Waals surface area contributed by atoms with Crippen LogP contribution in [0.5, 0.6) is 0 Å². The topological polar surface area (TPSA) is 142 Å². The molecular formula is C24H23N7O3. The first-order chi connectivity index (χ1) is 16.5. The molecule has 0 aliphatic carbocycles. The zero-order valence-corrected chi connectivity index (χ0v) is 18.3. The van der Waals surface area contributed by atoms with E-state index < -0.39 is 0 Å². The van der Waals surface area contributed by atoms with E-state index in [1.807, 2.05) is 24.3 Å². The summed E-state index contributed by atoms with van der Waals surface area (Å²) in [5.41, 5.74) is 10.3. The Bertz CT molecular complexity index is 1300. The maximum Gasteiger partial charge on any atom is 0.272 e. The number of aromatic nitrogens is 4. The Morgan fingerprint density at radius 1 is 1.09 bits per heavy atom. The molecule has 10 nitrogen and oxygen atoms in total. The molecule has 0 unspecified atom stereocenters. The van der Waals surface area contributed by atoms with Crippen molar-refractivity contribution >= 4 is 23.0 Å². The molecule has 0 aliphatic rings. The largest absolute Gasteiger partial charge is 0.397 e. The highest BCUT2D eigenvalue weighted by Crippen LogP contribution is 2.27. The Balaban J connectivity index is 1.32. The van der Waals surface area contributed by atoms with Gasteiger partial charge in [-0.2, -0.15) is 0 Å². The summed E-state index contributed by atoms with van der Waals surface area (Å²) in [6.45, 7) is 0.446. The lowest BCUT2D eigenvalue weighted by atomic mass is 10.1. The smallest absolute Gasteiger partial charge is 0.272 e. The van der Waals surface area contributed by atoms with Crippen molar-refractivity contribution in [2.45, 2.75) is 25.8 Å². The molecule has 0 saturated carbocycles. The number of benzene rings is 2. The molecule has 4 rings (SSSR count). The van der Waals surface area contributed by atoms with Crippen LogP contribution in [0.1, 0.15) is 17.7 Å². The third-order valence-electron chi connectivity index (χ3n) is 5.32. The fourth-order valence-electron chi connectivity index (χ4n) is 3.53. The van der Waals surface area contributed by atoms with E-state index in [-0.39, 0.29) is 22.9 Å². The van der Waals surface area contributed by atoms with Crippen LogP contribution >= 0.6 is 0 Å². The van der Waals surface area contributed by atoms with E-state index in [0.29, 0.717) is 42.0 Å². The van der Waals surface area contributed by atoms with Gasteiger partial charge < -0.3 is 11.1 Å². The van der Waals surface area contributed by atoms with Crippen molar-refractivity contribution in [3.05, 3.63) is 94.6 Å². The van der Waals surface area contributed by atoms with E-state index in [1.54, 1.807) is 47.5 Å². The Labute approximate surface area is 195 Å². The number of anilines is 2. The van der Waals surface area contributed by atoms with Crippen molar-refractivity contribution in [1.29, 1.82) is 0 Å². The van der Waals surface area contributed by atoms with Crippen LogP contribution in [-0.4, -0.2) is 30.8 Å². The Kier molecular flexibility index (Phi) is 6.87. The lowest BCUT2D eigenvalue weighted by Gasteiger charge is -2.10. The van der Waals surface area contributed by atoms with Crippen LogP contribution in [0.2, 0.25) is 0 Å². The molecule has 0 saturated heterocycles. The molecule has 10 heteroatoms. The first kappa shape index (κ1) is 22.6. The molecular weight excluding hydrogens is 434 g/mol. The van der Waals surface area contributed by atoms with Gasteiger partial charge in [0.2, 0.25) is 5.91 Å². The predicted octanol–water partition coefficient (Wildman–Crippen LogP) is 3.64. The number of aryl methyl sites for hydroxylation is 3. The third-order valence-corrected chi connectivity index (χ3v) is 5.32. The molecule has 2 heterocycles. The van der Waals surface area contributed by atoms with Crippen LogP contribution in [0, 0.1) is 10.1 Å². The van der Waals surface area contributed by atoms with E-state index in [9.17, 15) is 14.9 Å². The molecule has 0 fully saturated rings. The summed E-state index contributed by atoms with van der Waals surface area (Å²) in [6.07, 6.45) is 6.26. The van der Waals surface area contributed by atoms with Crippen LogP contribution in [-0.2, 0) is 24.2 Å². The minimum Gasteiger partial charge on any atom is -0.397 e. The predicted molar refractivity (Wildman–Crippen MR) is 128 cm³/mol. The summed E-state index contributed by atoms with van der Waals surface area (Å²) in [7, 11) is 0. The van der Waals surface area contributed by atoms with E-state index in [1.165, 1.54) is 6.07 Å². The van der Waals surface area contributed by atoms with Crippen LogP contribution in [0.25, 0.3) is 11.1 Å². The Morgan fingerprint density at radius 3 is 2.74 bits per heavy atom. The molecule has 172 valence electrons. The number of hydrogen-bond acceptors (Lipinski definition) is 7. The molecule has 0 radical (unpaired) electrons. The number of carbonyl (C=O) groups excluding carboxylic acids is 1. The number of rotatable bonds is 9.